The molecule has 15 heavy (non-hydrogen) atoms. The lowest BCUT2D eigenvalue weighted by molar-refractivity contribution is 0.580. The third-order valence-electron chi connectivity index (χ3n) is 1.93. The Morgan fingerprint density at radius 1 is 1.47 bits per heavy atom. The third kappa shape index (κ3) is 3.02. The molecule has 0 unspecified atom stereocenters. The van der Waals surface area contributed by atoms with Crippen LogP contribution in [0.5, 0.6) is 0 Å². The standard InChI is InChI=1S/C8H14BrN3O2S/c1-6-8(7(2)12-11-6)15(13,14)10-5-3-4-9/h10H,3-5H2,1-2H3,(H,11,12). The molecule has 86 valence electrons. The van der Waals surface area contributed by atoms with Crippen molar-refractivity contribution in [2.24, 2.45) is 0 Å². The van der Waals surface area contributed by atoms with Gasteiger partial charge >= 0.3 is 0 Å². The molecule has 0 radical (unpaired) electrons. The number of halogens is 1. The molecule has 1 rings (SSSR count). The number of hydrogen-bond acceptors (Lipinski definition) is 3. The van der Waals surface area contributed by atoms with Crippen molar-refractivity contribution in [1.29, 1.82) is 0 Å². The Bertz CT molecular complexity index is 408. The summed E-state index contributed by atoms with van der Waals surface area (Å²) >= 11 is 3.24. The number of alkyl halides is 1. The van der Waals surface area contributed by atoms with E-state index in [1.807, 2.05) is 0 Å². The van der Waals surface area contributed by atoms with Gasteiger partial charge in [0.1, 0.15) is 4.90 Å². The molecule has 7 heteroatoms. The van der Waals surface area contributed by atoms with Crippen molar-refractivity contribution < 1.29 is 8.42 Å². The van der Waals surface area contributed by atoms with E-state index >= 15 is 0 Å². The van der Waals surface area contributed by atoms with Crippen molar-refractivity contribution in [2.45, 2.75) is 25.2 Å². The topological polar surface area (TPSA) is 74.8 Å². The maximum Gasteiger partial charge on any atom is 0.244 e. The quantitative estimate of drug-likeness (QED) is 0.631. The summed E-state index contributed by atoms with van der Waals surface area (Å²) in [6.07, 6.45) is 0.759. The van der Waals surface area contributed by atoms with Gasteiger partial charge < -0.3 is 0 Å². The minimum absolute atomic E-state index is 0.261. The predicted octanol–water partition coefficient (Wildman–Crippen LogP) is 1.09. The fourth-order valence-corrected chi connectivity index (χ4v) is 3.00. The minimum atomic E-state index is -3.42. The number of rotatable bonds is 5. The molecule has 0 spiro atoms. The second kappa shape index (κ2) is 5.09. The van der Waals surface area contributed by atoms with Crippen LogP contribution in [0.1, 0.15) is 17.8 Å². The molecular weight excluding hydrogens is 282 g/mol. The molecule has 1 aromatic heterocycles. The van der Waals surface area contributed by atoms with Crippen LogP contribution in [-0.2, 0) is 10.0 Å². The van der Waals surface area contributed by atoms with Crippen LogP contribution in [0.4, 0.5) is 0 Å². The van der Waals surface area contributed by atoms with E-state index in [9.17, 15) is 8.42 Å². The second-order valence-corrected chi connectivity index (χ2v) is 5.70. The van der Waals surface area contributed by atoms with Crippen molar-refractivity contribution in [3.63, 3.8) is 0 Å². The van der Waals surface area contributed by atoms with Crippen LogP contribution in [0.3, 0.4) is 0 Å². The van der Waals surface area contributed by atoms with Crippen LogP contribution in [0.25, 0.3) is 0 Å². The summed E-state index contributed by atoms with van der Waals surface area (Å²) < 4.78 is 26.2. The van der Waals surface area contributed by atoms with Gasteiger partial charge in [0.2, 0.25) is 10.0 Å². The maximum atomic E-state index is 11.8. The fraction of sp³-hybridized carbons (Fsp3) is 0.625. The van der Waals surface area contributed by atoms with E-state index in [0.717, 1.165) is 11.8 Å². The van der Waals surface area contributed by atoms with Crippen LogP contribution in [-0.4, -0.2) is 30.5 Å². The van der Waals surface area contributed by atoms with E-state index in [1.54, 1.807) is 13.8 Å². The molecular formula is C8H14BrN3O2S. The molecule has 0 saturated heterocycles. The number of aryl methyl sites for hydroxylation is 2. The highest BCUT2D eigenvalue weighted by Crippen LogP contribution is 2.15. The van der Waals surface area contributed by atoms with E-state index < -0.39 is 10.0 Å². The monoisotopic (exact) mass is 295 g/mol. The number of aromatic amines is 1. The van der Waals surface area contributed by atoms with Crippen molar-refractivity contribution in [1.82, 2.24) is 14.9 Å². The molecule has 0 atom stereocenters. The second-order valence-electron chi connectivity index (χ2n) is 3.20. The van der Waals surface area contributed by atoms with Gasteiger partial charge in [-0.05, 0) is 20.3 Å². The molecule has 0 aromatic carbocycles. The fourth-order valence-electron chi connectivity index (χ4n) is 1.28. The van der Waals surface area contributed by atoms with Crippen LogP contribution in [0.2, 0.25) is 0 Å². The highest BCUT2D eigenvalue weighted by molar-refractivity contribution is 9.09. The summed E-state index contributed by atoms with van der Waals surface area (Å²) in [7, 11) is -3.42. The molecule has 0 amide bonds. The Labute approximate surface area is 97.8 Å². The first-order valence-corrected chi connectivity index (χ1v) is 7.16. The van der Waals surface area contributed by atoms with Gasteiger partial charge in [-0.3, -0.25) is 5.10 Å². The van der Waals surface area contributed by atoms with E-state index in [-0.39, 0.29) is 4.90 Å². The number of H-pyrrole nitrogens is 1. The zero-order valence-electron chi connectivity index (χ0n) is 8.67. The first-order valence-electron chi connectivity index (χ1n) is 4.56. The summed E-state index contributed by atoms with van der Waals surface area (Å²) in [5.74, 6) is 0. The molecule has 0 bridgehead atoms. The van der Waals surface area contributed by atoms with Gasteiger partial charge in [0.15, 0.2) is 0 Å². The van der Waals surface area contributed by atoms with Gasteiger partial charge in [-0.2, -0.15) is 5.10 Å². The zero-order chi connectivity index (χ0) is 11.5. The molecule has 0 saturated carbocycles. The molecule has 5 nitrogen and oxygen atoms in total. The summed E-state index contributed by atoms with van der Waals surface area (Å²) in [4.78, 5) is 0.261. The number of sulfonamides is 1. The SMILES string of the molecule is Cc1n[nH]c(C)c1S(=O)(=O)NCCCBr. The van der Waals surface area contributed by atoms with Crippen LogP contribution in [0, 0.1) is 13.8 Å². The van der Waals surface area contributed by atoms with Crippen LogP contribution in [0.15, 0.2) is 4.90 Å². The average molecular weight is 296 g/mol. The van der Waals surface area contributed by atoms with Gasteiger partial charge in [-0.25, -0.2) is 13.1 Å². The van der Waals surface area contributed by atoms with E-state index in [0.29, 0.717) is 17.9 Å². The third-order valence-corrected chi connectivity index (χ3v) is 4.22. The van der Waals surface area contributed by atoms with E-state index in [1.165, 1.54) is 0 Å². The van der Waals surface area contributed by atoms with Gasteiger partial charge in [0.25, 0.3) is 0 Å². The molecule has 0 aliphatic heterocycles. The molecule has 0 aliphatic rings. The first-order chi connectivity index (χ1) is 6.99. The van der Waals surface area contributed by atoms with Gasteiger partial charge in [-0.1, -0.05) is 15.9 Å². The number of nitrogens with one attached hydrogen (secondary N) is 2. The molecule has 0 fully saturated rings. The maximum absolute atomic E-state index is 11.8. The highest BCUT2D eigenvalue weighted by atomic mass is 79.9. The van der Waals surface area contributed by atoms with Gasteiger partial charge in [0, 0.05) is 11.9 Å². The zero-order valence-corrected chi connectivity index (χ0v) is 11.1. The summed E-state index contributed by atoms with van der Waals surface area (Å²) in [6.45, 7) is 3.79. The van der Waals surface area contributed by atoms with Crippen molar-refractivity contribution in [3.05, 3.63) is 11.4 Å². The lowest BCUT2D eigenvalue weighted by atomic mass is 10.4. The van der Waals surface area contributed by atoms with E-state index in [4.69, 9.17) is 0 Å². The average Bonchev–Trinajstić information content (AvgIpc) is 2.46. The Morgan fingerprint density at radius 3 is 2.60 bits per heavy atom. The Hall–Kier alpha value is -0.400. The largest absolute Gasteiger partial charge is 0.281 e. The smallest absolute Gasteiger partial charge is 0.244 e. The summed E-state index contributed by atoms with van der Waals surface area (Å²) in [5, 5.41) is 7.29. The molecule has 2 N–H and O–H groups in total. The normalized spacial score (nSPS) is 11.9. The Morgan fingerprint density at radius 2 is 2.13 bits per heavy atom. The Balaban J connectivity index is 2.87. The van der Waals surface area contributed by atoms with Crippen LogP contribution < -0.4 is 4.72 Å². The first kappa shape index (κ1) is 12.7. The molecule has 0 aliphatic carbocycles. The molecule has 1 heterocycles. The minimum Gasteiger partial charge on any atom is -0.281 e. The highest BCUT2D eigenvalue weighted by Gasteiger charge is 2.21. The number of nitrogens with zero attached hydrogens (tertiary/aromatic N) is 1. The lowest BCUT2D eigenvalue weighted by Crippen LogP contribution is -2.25. The number of hydrogen-bond donors (Lipinski definition) is 2. The van der Waals surface area contributed by atoms with Gasteiger partial charge in [0.05, 0.1) is 11.4 Å². The van der Waals surface area contributed by atoms with E-state index in [2.05, 4.69) is 30.8 Å². The van der Waals surface area contributed by atoms with Crippen LogP contribution >= 0.6 is 15.9 Å². The van der Waals surface area contributed by atoms with Crippen molar-refractivity contribution >= 4 is 26.0 Å². The van der Waals surface area contributed by atoms with Crippen molar-refractivity contribution in [2.75, 3.05) is 11.9 Å². The lowest BCUT2D eigenvalue weighted by Gasteiger charge is -2.05. The predicted molar refractivity (Wildman–Crippen MR) is 61.7 cm³/mol. The Kier molecular flexibility index (Phi) is 4.30. The van der Waals surface area contributed by atoms with Crippen molar-refractivity contribution in [3.8, 4) is 0 Å². The summed E-state index contributed by atoms with van der Waals surface area (Å²) in [6, 6.07) is 0. The number of aromatic nitrogens is 2. The molecule has 1 aromatic rings. The van der Waals surface area contributed by atoms with Gasteiger partial charge in [-0.15, -0.1) is 0 Å². The summed E-state index contributed by atoms with van der Waals surface area (Å²) in [5.41, 5.74) is 1.07.